The summed E-state index contributed by atoms with van der Waals surface area (Å²) in [6.07, 6.45) is 2.28. The van der Waals surface area contributed by atoms with Gasteiger partial charge in [0.1, 0.15) is 11.5 Å². The number of aliphatic hydroxyl groups is 1. The van der Waals surface area contributed by atoms with Crippen LogP contribution >= 0.6 is 11.3 Å². The van der Waals surface area contributed by atoms with Crippen molar-refractivity contribution in [1.29, 1.82) is 0 Å². The lowest BCUT2D eigenvalue weighted by molar-refractivity contribution is 0.0688. The molecule has 1 atom stereocenters. The molecule has 1 aliphatic rings. The average Bonchev–Trinajstić information content (AvgIpc) is 2.83. The van der Waals surface area contributed by atoms with E-state index in [4.69, 9.17) is 5.11 Å². The minimum atomic E-state index is -0.176. The summed E-state index contributed by atoms with van der Waals surface area (Å²) in [7, 11) is 0. The number of aliphatic hydroxyl groups excluding tert-OH is 1. The molecule has 4 heteroatoms. The third kappa shape index (κ3) is 2.92. The van der Waals surface area contributed by atoms with Crippen molar-refractivity contribution in [1.82, 2.24) is 4.90 Å². The summed E-state index contributed by atoms with van der Waals surface area (Å²) in [6, 6.07) is 1.84. The predicted octanol–water partition coefficient (Wildman–Crippen LogP) is 1.96. The maximum atomic E-state index is 12.4. The number of rotatable bonds is 1. The van der Waals surface area contributed by atoms with Crippen LogP contribution in [0.15, 0.2) is 11.4 Å². The molecule has 0 saturated carbocycles. The van der Waals surface area contributed by atoms with Crippen LogP contribution in [0, 0.1) is 17.8 Å². The number of hydrogen-bond acceptors (Lipinski definition) is 3. The zero-order valence-electron chi connectivity index (χ0n) is 10.5. The van der Waals surface area contributed by atoms with Gasteiger partial charge in [-0.25, -0.2) is 0 Å². The average molecular weight is 263 g/mol. The van der Waals surface area contributed by atoms with E-state index in [1.54, 1.807) is 0 Å². The molecule has 0 aliphatic carbocycles. The predicted molar refractivity (Wildman–Crippen MR) is 72.6 cm³/mol. The first kappa shape index (κ1) is 13.1. The van der Waals surface area contributed by atoms with Gasteiger partial charge in [-0.05, 0) is 30.2 Å². The Labute approximate surface area is 111 Å². The Balaban J connectivity index is 2.15. The fraction of sp³-hybridized carbons (Fsp3) is 0.500. The maximum absolute atomic E-state index is 12.4. The largest absolute Gasteiger partial charge is 0.384 e. The number of piperidine rings is 1. The SMILES string of the molecule is CC1CCCN(C(=O)c2sccc2C#CCO)C1. The molecule has 2 rings (SSSR count). The van der Waals surface area contributed by atoms with Crippen LogP contribution < -0.4 is 0 Å². The van der Waals surface area contributed by atoms with Gasteiger partial charge in [0.05, 0.1) is 0 Å². The summed E-state index contributed by atoms with van der Waals surface area (Å²) < 4.78 is 0. The fourth-order valence-electron chi connectivity index (χ4n) is 2.23. The summed E-state index contributed by atoms with van der Waals surface area (Å²) >= 11 is 1.43. The topological polar surface area (TPSA) is 40.5 Å². The molecule has 3 nitrogen and oxygen atoms in total. The van der Waals surface area contributed by atoms with Crippen molar-refractivity contribution in [3.63, 3.8) is 0 Å². The van der Waals surface area contributed by atoms with Crippen molar-refractivity contribution in [3.8, 4) is 11.8 Å². The Morgan fingerprint density at radius 1 is 1.67 bits per heavy atom. The number of amides is 1. The Morgan fingerprint density at radius 2 is 2.50 bits per heavy atom. The van der Waals surface area contributed by atoms with Gasteiger partial charge in [-0.2, -0.15) is 0 Å². The van der Waals surface area contributed by atoms with E-state index >= 15 is 0 Å². The first-order chi connectivity index (χ1) is 8.72. The first-order valence-corrected chi connectivity index (χ1v) is 7.07. The van der Waals surface area contributed by atoms with Crippen LogP contribution in [0.25, 0.3) is 0 Å². The van der Waals surface area contributed by atoms with E-state index in [1.165, 1.54) is 17.8 Å². The molecular formula is C14H17NO2S. The fourth-order valence-corrected chi connectivity index (χ4v) is 3.04. The Bertz CT molecular complexity index is 483. The lowest BCUT2D eigenvalue weighted by Gasteiger charge is -2.30. The molecule has 2 heterocycles. The van der Waals surface area contributed by atoms with E-state index in [-0.39, 0.29) is 12.5 Å². The van der Waals surface area contributed by atoms with E-state index in [0.717, 1.165) is 25.1 Å². The van der Waals surface area contributed by atoms with Crippen molar-refractivity contribution in [3.05, 3.63) is 21.9 Å². The van der Waals surface area contributed by atoms with Gasteiger partial charge in [0, 0.05) is 18.7 Å². The molecule has 1 saturated heterocycles. The van der Waals surface area contributed by atoms with Crippen molar-refractivity contribution >= 4 is 17.2 Å². The molecule has 1 fully saturated rings. The molecule has 0 spiro atoms. The van der Waals surface area contributed by atoms with Gasteiger partial charge < -0.3 is 10.0 Å². The third-order valence-electron chi connectivity index (χ3n) is 3.11. The normalized spacial score (nSPS) is 19.2. The van der Waals surface area contributed by atoms with Crippen molar-refractivity contribution in [2.75, 3.05) is 19.7 Å². The highest BCUT2D eigenvalue weighted by atomic mass is 32.1. The van der Waals surface area contributed by atoms with Gasteiger partial charge in [-0.15, -0.1) is 11.3 Å². The van der Waals surface area contributed by atoms with Crippen LogP contribution in [-0.4, -0.2) is 35.6 Å². The van der Waals surface area contributed by atoms with Crippen molar-refractivity contribution in [2.24, 2.45) is 5.92 Å². The highest BCUT2D eigenvalue weighted by Gasteiger charge is 2.24. The number of likely N-dealkylation sites (tertiary alicyclic amines) is 1. The Kier molecular flexibility index (Phi) is 4.40. The molecule has 1 aromatic rings. The van der Waals surface area contributed by atoms with Crippen LogP contribution in [0.5, 0.6) is 0 Å². The van der Waals surface area contributed by atoms with Crippen molar-refractivity contribution in [2.45, 2.75) is 19.8 Å². The second kappa shape index (κ2) is 6.03. The highest BCUT2D eigenvalue weighted by Crippen LogP contribution is 2.22. The van der Waals surface area contributed by atoms with E-state index in [0.29, 0.717) is 10.8 Å². The highest BCUT2D eigenvalue weighted by molar-refractivity contribution is 7.12. The second-order valence-electron chi connectivity index (χ2n) is 4.62. The number of hydrogen-bond donors (Lipinski definition) is 1. The number of thiophene rings is 1. The van der Waals surface area contributed by atoms with Crippen LogP contribution in [0.4, 0.5) is 0 Å². The number of carbonyl (C=O) groups is 1. The molecule has 0 bridgehead atoms. The molecule has 96 valence electrons. The van der Waals surface area contributed by atoms with Gasteiger partial charge in [-0.1, -0.05) is 18.8 Å². The molecular weight excluding hydrogens is 246 g/mol. The summed E-state index contributed by atoms with van der Waals surface area (Å²) in [6.45, 7) is 3.68. The first-order valence-electron chi connectivity index (χ1n) is 6.19. The zero-order chi connectivity index (χ0) is 13.0. The van der Waals surface area contributed by atoms with Crippen molar-refractivity contribution < 1.29 is 9.90 Å². The van der Waals surface area contributed by atoms with Crippen LogP contribution in [0.1, 0.15) is 35.0 Å². The number of nitrogens with zero attached hydrogens (tertiary/aromatic N) is 1. The minimum absolute atomic E-state index is 0.0822. The lowest BCUT2D eigenvalue weighted by Crippen LogP contribution is -2.39. The molecule has 1 N–H and O–H groups in total. The smallest absolute Gasteiger partial charge is 0.265 e. The van der Waals surface area contributed by atoms with Gasteiger partial charge >= 0.3 is 0 Å². The van der Waals surface area contributed by atoms with E-state index in [1.807, 2.05) is 16.3 Å². The Morgan fingerprint density at radius 3 is 3.22 bits per heavy atom. The molecule has 18 heavy (non-hydrogen) atoms. The van der Waals surface area contributed by atoms with Gasteiger partial charge in [0.25, 0.3) is 5.91 Å². The molecule has 1 aromatic heterocycles. The quantitative estimate of drug-likeness (QED) is 0.787. The maximum Gasteiger partial charge on any atom is 0.265 e. The summed E-state index contributed by atoms with van der Waals surface area (Å²) in [5.41, 5.74) is 0.734. The van der Waals surface area contributed by atoms with Crippen LogP contribution in [-0.2, 0) is 0 Å². The van der Waals surface area contributed by atoms with E-state index < -0.39 is 0 Å². The van der Waals surface area contributed by atoms with Gasteiger partial charge in [0.2, 0.25) is 0 Å². The van der Waals surface area contributed by atoms with Crippen LogP contribution in [0.3, 0.4) is 0 Å². The minimum Gasteiger partial charge on any atom is -0.384 e. The van der Waals surface area contributed by atoms with E-state index in [9.17, 15) is 4.79 Å². The van der Waals surface area contributed by atoms with E-state index in [2.05, 4.69) is 18.8 Å². The monoisotopic (exact) mass is 263 g/mol. The molecule has 1 unspecified atom stereocenters. The Hall–Kier alpha value is -1.31. The summed E-state index contributed by atoms with van der Waals surface area (Å²) in [4.78, 5) is 15.0. The standard InChI is InChI=1S/C14H17NO2S/c1-11-4-2-7-15(10-11)14(17)13-12(5-3-8-16)6-9-18-13/h6,9,11,16H,2,4,7-8,10H2,1H3. The van der Waals surface area contributed by atoms with Gasteiger partial charge in [-0.3, -0.25) is 4.79 Å². The summed E-state index contributed by atoms with van der Waals surface area (Å²) in [5, 5.41) is 10.6. The third-order valence-corrected chi connectivity index (χ3v) is 4.01. The summed E-state index contributed by atoms with van der Waals surface area (Å²) in [5.74, 6) is 6.10. The molecule has 0 aromatic carbocycles. The lowest BCUT2D eigenvalue weighted by atomic mass is 10.00. The number of carbonyl (C=O) groups excluding carboxylic acids is 1. The van der Waals surface area contributed by atoms with Gasteiger partial charge in [0.15, 0.2) is 0 Å². The molecule has 1 aliphatic heterocycles. The molecule has 0 radical (unpaired) electrons. The zero-order valence-corrected chi connectivity index (χ0v) is 11.3. The molecule has 1 amide bonds. The van der Waals surface area contributed by atoms with Crippen LogP contribution in [0.2, 0.25) is 0 Å². The second-order valence-corrected chi connectivity index (χ2v) is 5.54.